The molecule has 100 valence electrons. The Balaban J connectivity index is 1.73. The summed E-state index contributed by atoms with van der Waals surface area (Å²) in [6.07, 6.45) is 3.64. The van der Waals surface area contributed by atoms with E-state index < -0.39 is 0 Å². The van der Waals surface area contributed by atoms with E-state index in [0.717, 1.165) is 6.54 Å². The van der Waals surface area contributed by atoms with E-state index in [-0.39, 0.29) is 6.03 Å². The van der Waals surface area contributed by atoms with Crippen molar-refractivity contribution < 1.29 is 4.79 Å². The molecule has 6 heteroatoms. The molecule has 2 rings (SSSR count). The van der Waals surface area contributed by atoms with Gasteiger partial charge in [0.1, 0.15) is 5.82 Å². The van der Waals surface area contributed by atoms with Gasteiger partial charge >= 0.3 is 6.03 Å². The van der Waals surface area contributed by atoms with Crippen LogP contribution in [0.4, 0.5) is 9.93 Å². The van der Waals surface area contributed by atoms with Crippen LogP contribution in [0.15, 0.2) is 0 Å². The molecule has 0 bridgehead atoms. The summed E-state index contributed by atoms with van der Waals surface area (Å²) in [7, 11) is 0. The zero-order chi connectivity index (χ0) is 13.2. The minimum absolute atomic E-state index is 0.181. The minimum Gasteiger partial charge on any atom is -0.338 e. The minimum atomic E-state index is -0.181. The van der Waals surface area contributed by atoms with Crippen LogP contribution in [-0.2, 0) is 0 Å². The van der Waals surface area contributed by atoms with E-state index in [9.17, 15) is 4.79 Å². The predicted octanol–water partition coefficient (Wildman–Crippen LogP) is 2.79. The molecular weight excluding hydrogens is 248 g/mol. The van der Waals surface area contributed by atoms with Gasteiger partial charge in [-0.2, -0.15) is 4.37 Å². The number of nitrogens with zero attached hydrogens (tertiary/aromatic N) is 2. The van der Waals surface area contributed by atoms with Gasteiger partial charge in [-0.3, -0.25) is 5.32 Å². The summed E-state index contributed by atoms with van der Waals surface area (Å²) < 4.78 is 4.01. The van der Waals surface area contributed by atoms with E-state index in [1.807, 2.05) is 0 Å². The summed E-state index contributed by atoms with van der Waals surface area (Å²) in [5.74, 6) is 1.32. The highest BCUT2D eigenvalue weighted by Gasteiger charge is 2.50. The molecule has 1 aliphatic rings. The summed E-state index contributed by atoms with van der Waals surface area (Å²) >= 11 is 1.20. The third-order valence-corrected chi connectivity index (χ3v) is 4.75. The van der Waals surface area contributed by atoms with Gasteiger partial charge in [0, 0.05) is 18.1 Å². The molecule has 1 heterocycles. The number of carbonyl (C=O) groups is 1. The summed E-state index contributed by atoms with van der Waals surface area (Å²) in [6.45, 7) is 7.02. The number of hydrogen-bond acceptors (Lipinski definition) is 4. The zero-order valence-electron chi connectivity index (χ0n) is 11.1. The molecule has 1 atom stereocenters. The molecule has 1 aromatic rings. The van der Waals surface area contributed by atoms with Crippen LogP contribution in [0.2, 0.25) is 0 Å². The van der Waals surface area contributed by atoms with Crippen molar-refractivity contribution in [1.82, 2.24) is 14.7 Å². The van der Waals surface area contributed by atoms with Gasteiger partial charge in [-0.15, -0.1) is 0 Å². The quantitative estimate of drug-likeness (QED) is 0.863. The van der Waals surface area contributed by atoms with Crippen LogP contribution in [0.1, 0.15) is 38.9 Å². The highest BCUT2D eigenvalue weighted by molar-refractivity contribution is 7.09. The number of amides is 2. The van der Waals surface area contributed by atoms with Crippen molar-refractivity contribution in [2.75, 3.05) is 11.9 Å². The fourth-order valence-corrected chi connectivity index (χ4v) is 3.11. The molecule has 18 heavy (non-hydrogen) atoms. The average molecular weight is 268 g/mol. The fourth-order valence-electron chi connectivity index (χ4n) is 2.54. The summed E-state index contributed by atoms with van der Waals surface area (Å²) in [4.78, 5) is 15.7. The van der Waals surface area contributed by atoms with Crippen LogP contribution in [0, 0.1) is 18.3 Å². The topological polar surface area (TPSA) is 66.9 Å². The molecule has 0 aliphatic heterocycles. The van der Waals surface area contributed by atoms with Gasteiger partial charge in [0.05, 0.1) is 0 Å². The van der Waals surface area contributed by atoms with Crippen molar-refractivity contribution in [3.05, 3.63) is 5.82 Å². The number of urea groups is 1. The van der Waals surface area contributed by atoms with E-state index in [2.05, 4.69) is 33.8 Å². The number of carbonyl (C=O) groups excluding carboxylic acids is 1. The van der Waals surface area contributed by atoms with Gasteiger partial charge in [0.2, 0.25) is 5.13 Å². The lowest BCUT2D eigenvalue weighted by atomic mass is 9.97. The van der Waals surface area contributed by atoms with Crippen molar-refractivity contribution >= 4 is 22.7 Å². The molecule has 0 saturated heterocycles. The summed E-state index contributed by atoms with van der Waals surface area (Å²) in [6, 6.07) is -0.181. The molecule has 5 nitrogen and oxygen atoms in total. The smallest absolute Gasteiger partial charge is 0.321 e. The molecule has 1 aromatic heterocycles. The molecule has 0 aromatic carbocycles. The van der Waals surface area contributed by atoms with E-state index in [1.54, 1.807) is 6.92 Å². The number of rotatable bonds is 5. The van der Waals surface area contributed by atoms with Gasteiger partial charge in [-0.05, 0) is 24.7 Å². The number of hydrogen-bond donors (Lipinski definition) is 2. The maximum atomic E-state index is 11.7. The third kappa shape index (κ3) is 2.80. The first-order valence-corrected chi connectivity index (χ1v) is 7.22. The standard InChI is InChI=1S/C12H20N4OS/c1-4-12(5-2)6-9(12)7-13-10(17)15-11-14-8(3)16-18-11/h9H,4-7H2,1-3H3,(H2,13,14,15,16,17). The maximum absolute atomic E-state index is 11.7. The normalized spacial score (nSPS) is 20.5. The lowest BCUT2D eigenvalue weighted by molar-refractivity contribution is 0.250. The number of aromatic nitrogens is 2. The van der Waals surface area contributed by atoms with Crippen molar-refractivity contribution in [3.8, 4) is 0 Å². The van der Waals surface area contributed by atoms with Crippen LogP contribution in [0.25, 0.3) is 0 Å². The Labute approximate surface area is 112 Å². The second-order valence-electron chi connectivity index (χ2n) is 4.95. The second kappa shape index (κ2) is 5.22. The Morgan fingerprint density at radius 2 is 2.22 bits per heavy atom. The van der Waals surface area contributed by atoms with Gasteiger partial charge in [0.15, 0.2) is 0 Å². The van der Waals surface area contributed by atoms with Crippen LogP contribution in [0.5, 0.6) is 0 Å². The molecule has 1 fully saturated rings. The van der Waals surface area contributed by atoms with Crippen LogP contribution in [0.3, 0.4) is 0 Å². The first kappa shape index (κ1) is 13.3. The average Bonchev–Trinajstić information content (AvgIpc) is 2.94. The van der Waals surface area contributed by atoms with Crippen LogP contribution >= 0.6 is 11.5 Å². The van der Waals surface area contributed by atoms with Crippen molar-refractivity contribution in [3.63, 3.8) is 0 Å². The molecule has 2 amide bonds. The maximum Gasteiger partial charge on any atom is 0.321 e. The monoisotopic (exact) mass is 268 g/mol. The zero-order valence-corrected chi connectivity index (χ0v) is 11.9. The Morgan fingerprint density at radius 1 is 1.50 bits per heavy atom. The Bertz CT molecular complexity index is 427. The lowest BCUT2D eigenvalue weighted by Crippen LogP contribution is -2.31. The van der Waals surface area contributed by atoms with Crippen molar-refractivity contribution in [1.29, 1.82) is 0 Å². The molecule has 0 radical (unpaired) electrons. The largest absolute Gasteiger partial charge is 0.338 e. The molecule has 2 N–H and O–H groups in total. The number of aryl methyl sites for hydroxylation is 1. The molecule has 1 unspecified atom stereocenters. The highest BCUT2D eigenvalue weighted by Crippen LogP contribution is 2.57. The first-order chi connectivity index (χ1) is 8.59. The molecule has 0 spiro atoms. The number of nitrogens with one attached hydrogen (secondary N) is 2. The van der Waals surface area contributed by atoms with Gasteiger partial charge < -0.3 is 5.32 Å². The van der Waals surface area contributed by atoms with Gasteiger partial charge in [-0.1, -0.05) is 26.7 Å². The SMILES string of the molecule is CCC1(CC)CC1CNC(=O)Nc1nc(C)ns1. The van der Waals surface area contributed by atoms with E-state index in [4.69, 9.17) is 0 Å². The van der Waals surface area contributed by atoms with Crippen molar-refractivity contribution in [2.45, 2.75) is 40.0 Å². The van der Waals surface area contributed by atoms with Gasteiger partial charge in [-0.25, -0.2) is 9.78 Å². The van der Waals surface area contributed by atoms with Crippen molar-refractivity contribution in [2.24, 2.45) is 11.3 Å². The molecule has 1 aliphatic carbocycles. The lowest BCUT2D eigenvalue weighted by Gasteiger charge is -2.12. The van der Waals surface area contributed by atoms with E-state index in [0.29, 0.717) is 22.3 Å². The molecule has 1 saturated carbocycles. The van der Waals surface area contributed by atoms with Gasteiger partial charge in [0.25, 0.3) is 0 Å². The first-order valence-electron chi connectivity index (χ1n) is 6.45. The highest BCUT2D eigenvalue weighted by atomic mass is 32.1. The Hall–Kier alpha value is -1.17. The Morgan fingerprint density at radius 3 is 2.72 bits per heavy atom. The predicted molar refractivity (Wildman–Crippen MR) is 72.8 cm³/mol. The number of anilines is 1. The second-order valence-corrected chi connectivity index (χ2v) is 5.70. The van der Waals surface area contributed by atoms with Crippen LogP contribution in [-0.4, -0.2) is 21.9 Å². The fraction of sp³-hybridized carbons (Fsp3) is 0.750. The summed E-state index contributed by atoms with van der Waals surface area (Å²) in [5.41, 5.74) is 0.479. The van der Waals surface area contributed by atoms with E-state index >= 15 is 0 Å². The summed E-state index contributed by atoms with van der Waals surface area (Å²) in [5, 5.41) is 6.17. The molecular formula is C12H20N4OS. The van der Waals surface area contributed by atoms with E-state index in [1.165, 1.54) is 30.8 Å². The third-order valence-electron chi connectivity index (χ3n) is 4.02. The Kier molecular flexibility index (Phi) is 3.85. The van der Waals surface area contributed by atoms with Crippen LogP contribution < -0.4 is 10.6 Å².